The molecule has 1 saturated heterocycles. The summed E-state index contributed by atoms with van der Waals surface area (Å²) < 4.78 is 5.48. The van der Waals surface area contributed by atoms with E-state index in [-0.39, 0.29) is 6.04 Å². The second-order valence-electron chi connectivity index (χ2n) is 3.93. The summed E-state index contributed by atoms with van der Waals surface area (Å²) in [5, 5.41) is 3.31. The smallest absolute Gasteiger partial charge is 0.119 e. The van der Waals surface area contributed by atoms with Gasteiger partial charge in [-0.25, -0.2) is 0 Å². The number of hydrogen-bond donors (Lipinski definition) is 2. The average molecular weight is 206 g/mol. The lowest BCUT2D eigenvalue weighted by Crippen LogP contribution is -2.27. The molecule has 1 aromatic rings. The van der Waals surface area contributed by atoms with Gasteiger partial charge in [-0.15, -0.1) is 0 Å². The Morgan fingerprint density at radius 2 is 2.33 bits per heavy atom. The highest BCUT2D eigenvalue weighted by Gasteiger charge is 2.25. The number of nitrogens with one attached hydrogen (secondary N) is 1. The van der Waals surface area contributed by atoms with Crippen LogP contribution in [0.1, 0.15) is 18.4 Å². The van der Waals surface area contributed by atoms with Crippen molar-refractivity contribution in [2.75, 3.05) is 19.7 Å². The molecular weight excluding hydrogens is 188 g/mol. The fourth-order valence-corrected chi connectivity index (χ4v) is 2.07. The van der Waals surface area contributed by atoms with Crippen molar-refractivity contribution in [3.05, 3.63) is 29.8 Å². The first-order chi connectivity index (χ1) is 7.31. The first kappa shape index (κ1) is 10.5. The SMILES string of the molecule is CCOc1cccc([C@H]2CNC[C@@H]2N)c1. The summed E-state index contributed by atoms with van der Waals surface area (Å²) in [5.74, 6) is 1.36. The summed E-state index contributed by atoms with van der Waals surface area (Å²) in [6.45, 7) is 4.58. The summed E-state index contributed by atoms with van der Waals surface area (Å²) >= 11 is 0. The van der Waals surface area contributed by atoms with Crippen molar-refractivity contribution < 1.29 is 4.74 Å². The maximum absolute atomic E-state index is 6.03. The minimum Gasteiger partial charge on any atom is -0.494 e. The van der Waals surface area contributed by atoms with Gasteiger partial charge in [-0.3, -0.25) is 0 Å². The summed E-state index contributed by atoms with van der Waals surface area (Å²) in [4.78, 5) is 0. The van der Waals surface area contributed by atoms with Crippen LogP contribution in [0.5, 0.6) is 5.75 Å². The van der Waals surface area contributed by atoms with E-state index in [1.807, 2.05) is 19.1 Å². The molecule has 2 rings (SSSR count). The monoisotopic (exact) mass is 206 g/mol. The molecule has 1 fully saturated rings. The maximum atomic E-state index is 6.03. The molecule has 0 amide bonds. The lowest BCUT2D eigenvalue weighted by atomic mass is 9.95. The summed E-state index contributed by atoms with van der Waals surface area (Å²) in [7, 11) is 0. The van der Waals surface area contributed by atoms with E-state index in [0.717, 1.165) is 18.8 Å². The summed E-state index contributed by atoms with van der Waals surface area (Å²) in [5.41, 5.74) is 7.31. The topological polar surface area (TPSA) is 47.3 Å². The van der Waals surface area contributed by atoms with Gasteiger partial charge in [0.2, 0.25) is 0 Å². The number of rotatable bonds is 3. The van der Waals surface area contributed by atoms with E-state index >= 15 is 0 Å². The molecule has 1 heterocycles. The van der Waals surface area contributed by atoms with Gasteiger partial charge in [0.1, 0.15) is 5.75 Å². The fraction of sp³-hybridized carbons (Fsp3) is 0.500. The van der Waals surface area contributed by atoms with Crippen LogP contribution in [-0.2, 0) is 0 Å². The van der Waals surface area contributed by atoms with Crippen molar-refractivity contribution >= 4 is 0 Å². The van der Waals surface area contributed by atoms with Crippen LogP contribution in [0.15, 0.2) is 24.3 Å². The van der Waals surface area contributed by atoms with E-state index in [1.165, 1.54) is 5.56 Å². The molecule has 0 unspecified atom stereocenters. The third-order valence-electron chi connectivity index (χ3n) is 2.86. The van der Waals surface area contributed by atoms with Crippen LogP contribution < -0.4 is 15.8 Å². The standard InChI is InChI=1S/C12H18N2O/c1-2-15-10-5-3-4-9(6-10)11-7-14-8-12(11)13/h3-6,11-12,14H,2,7-8,13H2,1H3/t11-,12+/m1/s1. The van der Waals surface area contributed by atoms with E-state index in [2.05, 4.69) is 17.4 Å². The Hall–Kier alpha value is -1.06. The molecule has 0 radical (unpaired) electrons. The maximum Gasteiger partial charge on any atom is 0.119 e. The number of nitrogens with two attached hydrogens (primary N) is 1. The molecule has 0 aromatic heterocycles. The quantitative estimate of drug-likeness (QED) is 0.778. The second kappa shape index (κ2) is 4.64. The highest BCUT2D eigenvalue weighted by molar-refractivity contribution is 5.32. The molecule has 15 heavy (non-hydrogen) atoms. The van der Waals surface area contributed by atoms with Gasteiger partial charge in [0.25, 0.3) is 0 Å². The Kier molecular flexibility index (Phi) is 3.23. The number of ether oxygens (including phenoxy) is 1. The van der Waals surface area contributed by atoms with Crippen LogP contribution in [-0.4, -0.2) is 25.7 Å². The first-order valence-electron chi connectivity index (χ1n) is 5.50. The van der Waals surface area contributed by atoms with E-state index in [0.29, 0.717) is 12.5 Å². The van der Waals surface area contributed by atoms with Crippen molar-refractivity contribution in [3.63, 3.8) is 0 Å². The lowest BCUT2D eigenvalue weighted by molar-refractivity contribution is 0.339. The molecular formula is C12H18N2O. The highest BCUT2D eigenvalue weighted by atomic mass is 16.5. The fourth-order valence-electron chi connectivity index (χ4n) is 2.07. The minimum absolute atomic E-state index is 0.224. The summed E-state index contributed by atoms with van der Waals surface area (Å²) in [6.07, 6.45) is 0. The van der Waals surface area contributed by atoms with Crippen molar-refractivity contribution in [1.29, 1.82) is 0 Å². The van der Waals surface area contributed by atoms with Gasteiger partial charge in [-0.2, -0.15) is 0 Å². The zero-order chi connectivity index (χ0) is 10.7. The van der Waals surface area contributed by atoms with Crippen molar-refractivity contribution in [3.8, 4) is 5.75 Å². The van der Waals surface area contributed by atoms with E-state index < -0.39 is 0 Å². The third kappa shape index (κ3) is 2.30. The Morgan fingerprint density at radius 3 is 3.00 bits per heavy atom. The van der Waals surface area contributed by atoms with E-state index in [9.17, 15) is 0 Å². The molecule has 0 aliphatic carbocycles. The minimum atomic E-state index is 0.224. The van der Waals surface area contributed by atoms with Gasteiger partial charge in [0, 0.05) is 25.0 Å². The van der Waals surface area contributed by atoms with Gasteiger partial charge in [-0.1, -0.05) is 12.1 Å². The third-order valence-corrected chi connectivity index (χ3v) is 2.86. The second-order valence-corrected chi connectivity index (χ2v) is 3.93. The molecule has 1 aliphatic heterocycles. The molecule has 82 valence electrons. The molecule has 3 N–H and O–H groups in total. The van der Waals surface area contributed by atoms with Crippen LogP contribution in [0.4, 0.5) is 0 Å². The van der Waals surface area contributed by atoms with Crippen LogP contribution in [0.25, 0.3) is 0 Å². The number of hydrogen-bond acceptors (Lipinski definition) is 3. The normalized spacial score (nSPS) is 25.5. The van der Waals surface area contributed by atoms with Crippen molar-refractivity contribution in [1.82, 2.24) is 5.32 Å². The molecule has 0 spiro atoms. The Bertz CT molecular complexity index is 327. The van der Waals surface area contributed by atoms with Gasteiger partial charge in [-0.05, 0) is 24.6 Å². The Labute approximate surface area is 90.6 Å². The predicted molar refractivity (Wildman–Crippen MR) is 61.2 cm³/mol. The van der Waals surface area contributed by atoms with Gasteiger partial charge in [0.05, 0.1) is 6.61 Å². The molecule has 0 saturated carbocycles. The van der Waals surface area contributed by atoms with Gasteiger partial charge in [0.15, 0.2) is 0 Å². The molecule has 0 bridgehead atoms. The van der Waals surface area contributed by atoms with Crippen molar-refractivity contribution in [2.24, 2.45) is 5.73 Å². The predicted octanol–water partition coefficient (Wildman–Crippen LogP) is 1.10. The van der Waals surface area contributed by atoms with Crippen LogP contribution >= 0.6 is 0 Å². The van der Waals surface area contributed by atoms with E-state index in [4.69, 9.17) is 10.5 Å². The number of benzene rings is 1. The van der Waals surface area contributed by atoms with Crippen LogP contribution in [0, 0.1) is 0 Å². The van der Waals surface area contributed by atoms with E-state index in [1.54, 1.807) is 0 Å². The summed E-state index contributed by atoms with van der Waals surface area (Å²) in [6, 6.07) is 8.47. The van der Waals surface area contributed by atoms with Crippen LogP contribution in [0.3, 0.4) is 0 Å². The Balaban J connectivity index is 2.16. The molecule has 1 aliphatic rings. The zero-order valence-electron chi connectivity index (χ0n) is 9.07. The first-order valence-corrected chi connectivity index (χ1v) is 5.50. The molecule has 3 heteroatoms. The van der Waals surface area contributed by atoms with Crippen molar-refractivity contribution in [2.45, 2.75) is 18.9 Å². The molecule has 1 aromatic carbocycles. The molecule has 2 atom stereocenters. The molecule has 3 nitrogen and oxygen atoms in total. The van der Waals surface area contributed by atoms with Gasteiger partial charge < -0.3 is 15.8 Å². The highest BCUT2D eigenvalue weighted by Crippen LogP contribution is 2.24. The Morgan fingerprint density at radius 1 is 1.47 bits per heavy atom. The van der Waals surface area contributed by atoms with Crippen LogP contribution in [0.2, 0.25) is 0 Å². The average Bonchev–Trinajstić information content (AvgIpc) is 2.65. The van der Waals surface area contributed by atoms with Gasteiger partial charge >= 0.3 is 0 Å². The zero-order valence-corrected chi connectivity index (χ0v) is 9.07. The largest absolute Gasteiger partial charge is 0.494 e. The lowest BCUT2D eigenvalue weighted by Gasteiger charge is -2.15.